The minimum atomic E-state index is -0.264. The van der Waals surface area contributed by atoms with Crippen LogP contribution in [0, 0.1) is 5.82 Å². The number of benzene rings is 2. The van der Waals surface area contributed by atoms with Gasteiger partial charge in [0.2, 0.25) is 0 Å². The van der Waals surface area contributed by atoms with Crippen molar-refractivity contribution < 1.29 is 9.13 Å². The summed E-state index contributed by atoms with van der Waals surface area (Å²) in [4.78, 5) is 0. The molecule has 0 atom stereocenters. The highest BCUT2D eigenvalue weighted by Gasteiger charge is 2.04. The second kappa shape index (κ2) is 7.24. The van der Waals surface area contributed by atoms with Crippen molar-refractivity contribution in [2.75, 3.05) is 12.4 Å². The first-order valence-electron chi connectivity index (χ1n) is 6.22. The van der Waals surface area contributed by atoms with Gasteiger partial charge in [0.25, 0.3) is 0 Å². The summed E-state index contributed by atoms with van der Waals surface area (Å²) in [5, 5.41) is 6.80. The topological polar surface area (TPSA) is 33.3 Å². The lowest BCUT2D eigenvalue weighted by molar-refractivity contribution is 0.415. The van der Waals surface area contributed by atoms with E-state index in [1.807, 2.05) is 0 Å². The van der Waals surface area contributed by atoms with Gasteiger partial charge in [-0.2, -0.15) is 0 Å². The van der Waals surface area contributed by atoms with Crippen molar-refractivity contribution in [1.82, 2.24) is 5.32 Å². The highest BCUT2D eigenvalue weighted by atomic mass is 35.5. The maximum absolute atomic E-state index is 13.5. The van der Waals surface area contributed by atoms with E-state index in [1.165, 1.54) is 6.07 Å². The lowest BCUT2D eigenvalue weighted by Gasteiger charge is -2.12. The van der Waals surface area contributed by atoms with E-state index in [0.717, 1.165) is 5.69 Å². The number of rotatable bonds is 4. The van der Waals surface area contributed by atoms with E-state index in [-0.39, 0.29) is 5.82 Å². The largest absolute Gasteiger partial charge is 0.495 e. The smallest absolute Gasteiger partial charge is 0.171 e. The van der Waals surface area contributed by atoms with Gasteiger partial charge in [0.1, 0.15) is 11.6 Å². The van der Waals surface area contributed by atoms with Crippen molar-refractivity contribution in [3.63, 3.8) is 0 Å². The van der Waals surface area contributed by atoms with Crippen molar-refractivity contribution in [1.29, 1.82) is 0 Å². The quantitative estimate of drug-likeness (QED) is 0.834. The molecule has 2 aromatic carbocycles. The van der Waals surface area contributed by atoms with Crippen molar-refractivity contribution >= 4 is 34.6 Å². The Morgan fingerprint density at radius 3 is 2.71 bits per heavy atom. The zero-order valence-corrected chi connectivity index (χ0v) is 12.9. The number of hydrogen-bond acceptors (Lipinski definition) is 2. The fourth-order valence-electron chi connectivity index (χ4n) is 1.74. The molecule has 0 radical (unpaired) electrons. The summed E-state index contributed by atoms with van der Waals surface area (Å²) in [5.74, 6) is 0.327. The molecule has 0 unspecified atom stereocenters. The van der Waals surface area contributed by atoms with Crippen LogP contribution in [0.1, 0.15) is 5.56 Å². The maximum Gasteiger partial charge on any atom is 0.171 e. The van der Waals surface area contributed by atoms with E-state index < -0.39 is 0 Å². The molecule has 3 nitrogen and oxygen atoms in total. The summed E-state index contributed by atoms with van der Waals surface area (Å²) in [6.07, 6.45) is 0. The molecular formula is C15H14ClFN2OS. The van der Waals surface area contributed by atoms with E-state index >= 15 is 0 Å². The molecule has 0 saturated carbocycles. The van der Waals surface area contributed by atoms with Gasteiger partial charge in [0, 0.05) is 17.8 Å². The predicted molar refractivity (Wildman–Crippen MR) is 87.5 cm³/mol. The molecule has 21 heavy (non-hydrogen) atoms. The van der Waals surface area contributed by atoms with Crippen molar-refractivity contribution in [2.45, 2.75) is 6.54 Å². The Balaban J connectivity index is 1.93. The number of hydrogen-bond donors (Lipinski definition) is 2. The minimum Gasteiger partial charge on any atom is -0.495 e. The number of ether oxygens (including phenoxy) is 1. The molecular weight excluding hydrogens is 311 g/mol. The Bertz CT molecular complexity index is 651. The Kier molecular flexibility index (Phi) is 5.36. The van der Waals surface area contributed by atoms with Crippen LogP contribution < -0.4 is 15.4 Å². The van der Waals surface area contributed by atoms with Crippen LogP contribution in [0.4, 0.5) is 10.1 Å². The number of anilines is 1. The molecule has 0 aliphatic heterocycles. The molecule has 0 aliphatic rings. The van der Waals surface area contributed by atoms with Crippen LogP contribution in [0.2, 0.25) is 5.02 Å². The molecule has 0 spiro atoms. The molecule has 6 heteroatoms. The van der Waals surface area contributed by atoms with Gasteiger partial charge in [-0.15, -0.1) is 0 Å². The first-order valence-corrected chi connectivity index (χ1v) is 7.00. The molecule has 2 rings (SSSR count). The molecule has 0 saturated heterocycles. The Morgan fingerprint density at radius 1 is 1.29 bits per heavy atom. The van der Waals surface area contributed by atoms with Crippen LogP contribution in [0.5, 0.6) is 5.75 Å². The highest BCUT2D eigenvalue weighted by molar-refractivity contribution is 7.80. The fourth-order valence-corrected chi connectivity index (χ4v) is 2.18. The normalized spacial score (nSPS) is 10.0. The van der Waals surface area contributed by atoms with E-state index in [9.17, 15) is 4.39 Å². The first-order chi connectivity index (χ1) is 10.1. The lowest BCUT2D eigenvalue weighted by Crippen LogP contribution is -2.28. The summed E-state index contributed by atoms with van der Waals surface area (Å²) in [6, 6.07) is 11.8. The van der Waals surface area contributed by atoms with Crippen LogP contribution in [0.25, 0.3) is 0 Å². The summed E-state index contributed by atoms with van der Waals surface area (Å²) in [5.41, 5.74) is 1.28. The third-order valence-electron chi connectivity index (χ3n) is 2.81. The Labute approximate surface area is 133 Å². The Hall–Kier alpha value is -1.85. The monoisotopic (exact) mass is 324 g/mol. The number of methoxy groups -OCH3 is 1. The minimum absolute atomic E-state index is 0.264. The summed E-state index contributed by atoms with van der Waals surface area (Å²) in [6.45, 7) is 0.308. The summed E-state index contributed by atoms with van der Waals surface area (Å²) >= 11 is 11.2. The number of thiocarbonyl (C=S) groups is 1. The van der Waals surface area contributed by atoms with Crippen molar-refractivity contribution in [3.05, 3.63) is 58.9 Å². The lowest BCUT2D eigenvalue weighted by atomic mass is 10.2. The number of halogens is 2. The molecule has 2 N–H and O–H groups in total. The molecule has 2 aromatic rings. The molecule has 0 bridgehead atoms. The molecule has 0 heterocycles. The van der Waals surface area contributed by atoms with Crippen LogP contribution in [-0.4, -0.2) is 12.2 Å². The molecule has 110 valence electrons. The van der Waals surface area contributed by atoms with Gasteiger partial charge in [0.05, 0.1) is 12.1 Å². The molecule has 0 amide bonds. The van der Waals surface area contributed by atoms with E-state index in [2.05, 4.69) is 10.6 Å². The van der Waals surface area contributed by atoms with Gasteiger partial charge in [-0.25, -0.2) is 4.39 Å². The summed E-state index contributed by atoms with van der Waals surface area (Å²) < 4.78 is 18.5. The average Bonchev–Trinajstić information content (AvgIpc) is 2.46. The third kappa shape index (κ3) is 4.31. The van der Waals surface area contributed by atoms with Crippen LogP contribution >= 0.6 is 23.8 Å². The van der Waals surface area contributed by atoms with Crippen LogP contribution in [0.3, 0.4) is 0 Å². The molecule has 0 fully saturated rings. The highest BCUT2D eigenvalue weighted by Crippen LogP contribution is 2.27. The Morgan fingerprint density at radius 2 is 2.05 bits per heavy atom. The standard InChI is InChI=1S/C15H14ClFN2OS/c1-20-14-7-6-11(8-12(14)16)19-15(21)18-9-10-4-2-3-5-13(10)17/h2-8H,9H2,1H3,(H2,18,19,21). The summed E-state index contributed by atoms with van der Waals surface area (Å²) in [7, 11) is 1.55. The SMILES string of the molecule is COc1ccc(NC(=S)NCc2ccccc2F)cc1Cl. The zero-order valence-electron chi connectivity index (χ0n) is 11.3. The van der Waals surface area contributed by atoms with Gasteiger partial charge in [0.15, 0.2) is 5.11 Å². The van der Waals surface area contributed by atoms with Gasteiger partial charge >= 0.3 is 0 Å². The van der Waals surface area contributed by atoms with Crippen LogP contribution in [0.15, 0.2) is 42.5 Å². The van der Waals surface area contributed by atoms with Gasteiger partial charge in [-0.1, -0.05) is 29.8 Å². The van der Waals surface area contributed by atoms with Crippen LogP contribution in [-0.2, 0) is 6.54 Å². The number of nitrogens with one attached hydrogen (secondary N) is 2. The average molecular weight is 325 g/mol. The zero-order chi connectivity index (χ0) is 15.2. The van der Waals surface area contributed by atoms with Gasteiger partial charge in [-0.3, -0.25) is 0 Å². The molecule has 0 aliphatic carbocycles. The second-order valence-electron chi connectivity index (χ2n) is 4.25. The van der Waals surface area contributed by atoms with E-state index in [0.29, 0.717) is 28.0 Å². The molecule has 0 aromatic heterocycles. The van der Waals surface area contributed by atoms with E-state index in [1.54, 1.807) is 43.5 Å². The predicted octanol–water partition coefficient (Wildman–Crippen LogP) is 3.97. The van der Waals surface area contributed by atoms with Crippen molar-refractivity contribution in [2.24, 2.45) is 0 Å². The van der Waals surface area contributed by atoms with Gasteiger partial charge < -0.3 is 15.4 Å². The third-order valence-corrected chi connectivity index (χ3v) is 3.35. The maximum atomic E-state index is 13.5. The van der Waals surface area contributed by atoms with E-state index in [4.69, 9.17) is 28.6 Å². The van der Waals surface area contributed by atoms with Crippen molar-refractivity contribution in [3.8, 4) is 5.75 Å². The second-order valence-corrected chi connectivity index (χ2v) is 5.06. The first kappa shape index (κ1) is 15.5. The van der Waals surface area contributed by atoms with Gasteiger partial charge in [-0.05, 0) is 36.5 Å². The fraction of sp³-hybridized carbons (Fsp3) is 0.133.